The molecule has 92 valence electrons. The first-order valence-corrected chi connectivity index (χ1v) is 6.14. The Hall–Kier alpha value is -1.58. The van der Waals surface area contributed by atoms with Crippen molar-refractivity contribution in [2.45, 2.75) is 45.2 Å². The first-order chi connectivity index (χ1) is 8.09. The summed E-state index contributed by atoms with van der Waals surface area (Å²) in [5, 5.41) is 0. The molecule has 1 aromatic heterocycles. The molecule has 2 unspecified atom stereocenters. The van der Waals surface area contributed by atoms with Crippen molar-refractivity contribution in [3.8, 4) is 0 Å². The third-order valence-corrected chi connectivity index (χ3v) is 3.43. The summed E-state index contributed by atoms with van der Waals surface area (Å²) >= 11 is 0. The van der Waals surface area contributed by atoms with Crippen LogP contribution in [-0.2, 0) is 0 Å². The topological polar surface area (TPSA) is 59.2 Å². The van der Waals surface area contributed by atoms with E-state index >= 15 is 0 Å². The van der Waals surface area contributed by atoms with Crippen LogP contribution in [0.15, 0.2) is 18.3 Å². The van der Waals surface area contributed by atoms with Gasteiger partial charge in [-0.25, -0.2) is 0 Å². The van der Waals surface area contributed by atoms with Crippen molar-refractivity contribution >= 4 is 11.6 Å². The molecule has 2 atom stereocenters. The molecule has 1 fully saturated rings. The van der Waals surface area contributed by atoms with Gasteiger partial charge in [-0.15, -0.1) is 0 Å². The molecule has 2 N–H and O–H groups in total. The van der Waals surface area contributed by atoms with E-state index in [9.17, 15) is 4.79 Å². The molecule has 2 rings (SSSR count). The number of carbonyl (C=O) groups excluding carboxylic acids is 1. The van der Waals surface area contributed by atoms with Gasteiger partial charge in [0.05, 0.1) is 0 Å². The summed E-state index contributed by atoms with van der Waals surface area (Å²) in [6, 6.07) is 3.92. The highest BCUT2D eigenvalue weighted by atomic mass is 16.2. The molecule has 4 heteroatoms. The molecular formula is C13H19N3O. The quantitative estimate of drug-likeness (QED) is 0.807. The van der Waals surface area contributed by atoms with E-state index in [2.05, 4.69) is 18.8 Å². The fourth-order valence-electron chi connectivity index (χ4n) is 2.52. The maximum absolute atomic E-state index is 12.4. The summed E-state index contributed by atoms with van der Waals surface area (Å²) < 4.78 is 0. The van der Waals surface area contributed by atoms with E-state index < -0.39 is 0 Å². The predicted molar refractivity (Wildman–Crippen MR) is 67.6 cm³/mol. The van der Waals surface area contributed by atoms with Crippen molar-refractivity contribution in [2.24, 2.45) is 0 Å². The first-order valence-electron chi connectivity index (χ1n) is 6.14. The molecule has 1 aromatic rings. The lowest BCUT2D eigenvalue weighted by Gasteiger charge is -2.38. The highest BCUT2D eigenvalue weighted by molar-refractivity contribution is 5.93. The maximum atomic E-state index is 12.4. The van der Waals surface area contributed by atoms with Crippen LogP contribution in [0.3, 0.4) is 0 Å². The molecule has 17 heavy (non-hydrogen) atoms. The summed E-state index contributed by atoms with van der Waals surface area (Å²) in [5.41, 5.74) is 6.72. The van der Waals surface area contributed by atoms with Gasteiger partial charge >= 0.3 is 0 Å². The molecule has 0 aromatic carbocycles. The average Bonchev–Trinajstić information content (AvgIpc) is 2.28. The molecular weight excluding hydrogens is 214 g/mol. The van der Waals surface area contributed by atoms with E-state index in [1.807, 2.05) is 4.90 Å². The number of pyridine rings is 1. The monoisotopic (exact) mass is 233 g/mol. The Balaban J connectivity index is 2.24. The fraction of sp³-hybridized carbons (Fsp3) is 0.538. The van der Waals surface area contributed by atoms with Gasteiger partial charge in [0.25, 0.3) is 5.91 Å². The molecule has 0 radical (unpaired) electrons. The normalized spacial score (nSPS) is 24.7. The van der Waals surface area contributed by atoms with Gasteiger partial charge < -0.3 is 10.6 Å². The minimum atomic E-state index is -0.00278. The van der Waals surface area contributed by atoms with E-state index in [1.165, 1.54) is 6.42 Å². The molecule has 4 nitrogen and oxygen atoms in total. The number of anilines is 1. The summed E-state index contributed by atoms with van der Waals surface area (Å²) in [6.07, 6.45) is 4.91. The SMILES string of the molecule is CC1CCCC(C)N1C(=O)c1cc(N)ccn1. The van der Waals surface area contributed by atoms with Crippen LogP contribution in [0, 0.1) is 0 Å². The van der Waals surface area contributed by atoms with Crippen molar-refractivity contribution in [2.75, 3.05) is 5.73 Å². The summed E-state index contributed by atoms with van der Waals surface area (Å²) in [5.74, 6) is -0.00278. The zero-order chi connectivity index (χ0) is 12.4. The number of nitrogens with zero attached hydrogens (tertiary/aromatic N) is 2. The second-order valence-electron chi connectivity index (χ2n) is 4.82. The van der Waals surface area contributed by atoms with E-state index in [0.29, 0.717) is 11.4 Å². The Bertz CT molecular complexity index is 409. The third-order valence-electron chi connectivity index (χ3n) is 3.43. The van der Waals surface area contributed by atoms with E-state index in [0.717, 1.165) is 12.8 Å². The molecule has 1 aliphatic heterocycles. The highest BCUT2D eigenvalue weighted by Gasteiger charge is 2.30. The van der Waals surface area contributed by atoms with Crippen molar-refractivity contribution in [3.63, 3.8) is 0 Å². The molecule has 0 saturated carbocycles. The lowest BCUT2D eigenvalue weighted by molar-refractivity contribution is 0.0504. The smallest absolute Gasteiger partial charge is 0.273 e. The zero-order valence-electron chi connectivity index (χ0n) is 10.4. The molecule has 1 saturated heterocycles. The Morgan fingerprint density at radius 2 is 2.06 bits per heavy atom. The van der Waals surface area contributed by atoms with Gasteiger partial charge in [0, 0.05) is 24.0 Å². The minimum Gasteiger partial charge on any atom is -0.399 e. The minimum absolute atomic E-state index is 0.00278. The summed E-state index contributed by atoms with van der Waals surface area (Å²) in [6.45, 7) is 4.19. The number of carbonyl (C=O) groups is 1. The van der Waals surface area contributed by atoms with Gasteiger partial charge in [-0.2, -0.15) is 0 Å². The number of nitrogen functional groups attached to an aromatic ring is 1. The van der Waals surface area contributed by atoms with Gasteiger partial charge in [0.2, 0.25) is 0 Å². The number of hydrogen-bond donors (Lipinski definition) is 1. The van der Waals surface area contributed by atoms with E-state index in [4.69, 9.17) is 5.73 Å². The fourth-order valence-corrected chi connectivity index (χ4v) is 2.52. The van der Waals surface area contributed by atoms with Gasteiger partial charge in [-0.05, 0) is 45.2 Å². The maximum Gasteiger partial charge on any atom is 0.273 e. The lowest BCUT2D eigenvalue weighted by atomic mass is 9.97. The molecule has 1 amide bonds. The van der Waals surface area contributed by atoms with Gasteiger partial charge in [-0.3, -0.25) is 9.78 Å². The number of aromatic nitrogens is 1. The number of rotatable bonds is 1. The molecule has 0 bridgehead atoms. The average molecular weight is 233 g/mol. The van der Waals surface area contributed by atoms with Crippen LogP contribution in [0.2, 0.25) is 0 Å². The van der Waals surface area contributed by atoms with Crippen molar-refractivity contribution < 1.29 is 4.79 Å². The highest BCUT2D eigenvalue weighted by Crippen LogP contribution is 2.24. The Morgan fingerprint density at radius 3 is 2.65 bits per heavy atom. The number of likely N-dealkylation sites (tertiary alicyclic amines) is 1. The van der Waals surface area contributed by atoms with Crippen LogP contribution in [0.5, 0.6) is 0 Å². The van der Waals surface area contributed by atoms with Crippen LogP contribution in [0.25, 0.3) is 0 Å². The van der Waals surface area contributed by atoms with Crippen molar-refractivity contribution in [3.05, 3.63) is 24.0 Å². The number of piperidine rings is 1. The number of amides is 1. The predicted octanol–water partition coefficient (Wildman–Crippen LogP) is 2.07. The molecule has 1 aliphatic rings. The van der Waals surface area contributed by atoms with Crippen molar-refractivity contribution in [1.82, 2.24) is 9.88 Å². The summed E-state index contributed by atoms with van der Waals surface area (Å²) in [4.78, 5) is 18.4. The summed E-state index contributed by atoms with van der Waals surface area (Å²) in [7, 11) is 0. The van der Waals surface area contributed by atoms with E-state index in [-0.39, 0.29) is 18.0 Å². The zero-order valence-corrected chi connectivity index (χ0v) is 10.4. The molecule has 2 heterocycles. The second-order valence-corrected chi connectivity index (χ2v) is 4.82. The standard InChI is InChI=1S/C13H19N3O/c1-9-4-3-5-10(2)16(9)13(17)12-8-11(14)6-7-15-12/h6-10H,3-5H2,1-2H3,(H2,14,15). The van der Waals surface area contributed by atoms with Crippen LogP contribution in [0.4, 0.5) is 5.69 Å². The van der Waals surface area contributed by atoms with Crippen molar-refractivity contribution in [1.29, 1.82) is 0 Å². The largest absolute Gasteiger partial charge is 0.399 e. The molecule has 0 spiro atoms. The van der Waals surface area contributed by atoms with Crippen LogP contribution in [0.1, 0.15) is 43.6 Å². The Labute approximate surface area is 102 Å². The van der Waals surface area contributed by atoms with Crippen LogP contribution < -0.4 is 5.73 Å². The van der Waals surface area contributed by atoms with Gasteiger partial charge in [-0.1, -0.05) is 0 Å². The Kier molecular flexibility index (Phi) is 3.31. The van der Waals surface area contributed by atoms with Crippen LogP contribution in [-0.4, -0.2) is 27.9 Å². The van der Waals surface area contributed by atoms with E-state index in [1.54, 1.807) is 18.3 Å². The van der Waals surface area contributed by atoms with Gasteiger partial charge in [0.15, 0.2) is 0 Å². The lowest BCUT2D eigenvalue weighted by Crippen LogP contribution is -2.47. The van der Waals surface area contributed by atoms with Gasteiger partial charge in [0.1, 0.15) is 5.69 Å². The number of nitrogens with two attached hydrogens (primary N) is 1. The number of hydrogen-bond acceptors (Lipinski definition) is 3. The van der Waals surface area contributed by atoms with Crippen LogP contribution >= 0.6 is 0 Å². The second kappa shape index (κ2) is 4.73. The first kappa shape index (κ1) is 11.9. The molecule has 0 aliphatic carbocycles. The Morgan fingerprint density at radius 1 is 1.41 bits per heavy atom. The third kappa shape index (κ3) is 2.40.